The Morgan fingerprint density at radius 3 is 2.81 bits per heavy atom. The third kappa shape index (κ3) is 2.00. The first-order valence-corrected chi connectivity index (χ1v) is 5.69. The first-order valence-electron chi connectivity index (χ1n) is 5.69. The lowest BCUT2D eigenvalue weighted by Crippen LogP contribution is -2.44. The van der Waals surface area contributed by atoms with E-state index in [1.165, 1.54) is 0 Å². The van der Waals surface area contributed by atoms with Crippen LogP contribution in [-0.4, -0.2) is 31.2 Å². The minimum Gasteiger partial charge on any atom is -0.367 e. The number of hydrogen-bond acceptors (Lipinski definition) is 4. The number of pyridine rings is 1. The molecule has 1 fully saturated rings. The van der Waals surface area contributed by atoms with E-state index < -0.39 is 0 Å². The van der Waals surface area contributed by atoms with E-state index in [-0.39, 0.29) is 0 Å². The SMILES string of the molecule is CCc1c(C#N)cncc1N1CCNCC1. The van der Waals surface area contributed by atoms with Gasteiger partial charge in [-0.3, -0.25) is 4.98 Å². The molecule has 1 aliphatic rings. The van der Waals surface area contributed by atoms with Gasteiger partial charge < -0.3 is 10.2 Å². The van der Waals surface area contributed by atoms with E-state index in [0.717, 1.165) is 43.9 Å². The minimum atomic E-state index is 0.707. The second-order valence-corrected chi connectivity index (χ2v) is 3.89. The van der Waals surface area contributed by atoms with E-state index in [1.807, 2.05) is 6.20 Å². The topological polar surface area (TPSA) is 52.0 Å². The molecule has 0 spiro atoms. The van der Waals surface area contributed by atoms with Gasteiger partial charge in [0.05, 0.1) is 17.4 Å². The maximum atomic E-state index is 9.05. The van der Waals surface area contributed by atoms with Gasteiger partial charge in [-0.05, 0) is 12.0 Å². The van der Waals surface area contributed by atoms with Crippen LogP contribution in [0.1, 0.15) is 18.1 Å². The Morgan fingerprint density at radius 2 is 2.19 bits per heavy atom. The van der Waals surface area contributed by atoms with E-state index in [0.29, 0.717) is 5.56 Å². The van der Waals surface area contributed by atoms with Gasteiger partial charge in [-0.25, -0.2) is 0 Å². The molecule has 4 nitrogen and oxygen atoms in total. The lowest BCUT2D eigenvalue weighted by atomic mass is 10.1. The number of nitriles is 1. The molecule has 0 amide bonds. The van der Waals surface area contributed by atoms with Crippen LogP contribution in [0.3, 0.4) is 0 Å². The second-order valence-electron chi connectivity index (χ2n) is 3.89. The monoisotopic (exact) mass is 216 g/mol. The number of nitrogens with one attached hydrogen (secondary N) is 1. The van der Waals surface area contributed by atoms with Crippen LogP contribution in [0.2, 0.25) is 0 Å². The molecule has 0 saturated carbocycles. The van der Waals surface area contributed by atoms with Crippen LogP contribution in [-0.2, 0) is 6.42 Å². The number of nitrogens with zero attached hydrogens (tertiary/aromatic N) is 3. The molecule has 4 heteroatoms. The van der Waals surface area contributed by atoms with Crippen LogP contribution < -0.4 is 10.2 Å². The molecule has 1 aromatic heterocycles. The van der Waals surface area contributed by atoms with Crippen molar-refractivity contribution in [3.8, 4) is 6.07 Å². The summed E-state index contributed by atoms with van der Waals surface area (Å²) in [4.78, 5) is 6.46. The average Bonchev–Trinajstić information content (AvgIpc) is 2.38. The highest BCUT2D eigenvalue weighted by atomic mass is 15.2. The maximum absolute atomic E-state index is 9.05. The van der Waals surface area contributed by atoms with Gasteiger partial charge >= 0.3 is 0 Å². The van der Waals surface area contributed by atoms with Gasteiger partial charge in [0, 0.05) is 32.4 Å². The molecule has 0 radical (unpaired) electrons. The average molecular weight is 216 g/mol. The third-order valence-corrected chi connectivity index (χ3v) is 2.97. The van der Waals surface area contributed by atoms with Gasteiger partial charge in [-0.2, -0.15) is 5.26 Å². The number of hydrogen-bond donors (Lipinski definition) is 1. The fourth-order valence-electron chi connectivity index (χ4n) is 2.12. The van der Waals surface area contributed by atoms with Crippen molar-refractivity contribution in [2.45, 2.75) is 13.3 Å². The summed E-state index contributed by atoms with van der Waals surface area (Å²) in [5, 5.41) is 12.4. The molecule has 1 N–H and O–H groups in total. The molecule has 84 valence electrons. The zero-order chi connectivity index (χ0) is 11.4. The van der Waals surface area contributed by atoms with Gasteiger partial charge in [0.15, 0.2) is 0 Å². The summed E-state index contributed by atoms with van der Waals surface area (Å²) in [5.74, 6) is 0. The Labute approximate surface area is 95.9 Å². The van der Waals surface area contributed by atoms with Crippen LogP contribution in [0.4, 0.5) is 5.69 Å². The summed E-state index contributed by atoms with van der Waals surface area (Å²) >= 11 is 0. The van der Waals surface area contributed by atoms with Crippen molar-refractivity contribution < 1.29 is 0 Å². The molecule has 1 saturated heterocycles. The van der Waals surface area contributed by atoms with Crippen molar-refractivity contribution in [1.82, 2.24) is 10.3 Å². The summed E-state index contributed by atoms with van der Waals surface area (Å²) in [7, 11) is 0. The molecule has 0 aromatic carbocycles. The first kappa shape index (κ1) is 10.9. The fourth-order valence-corrected chi connectivity index (χ4v) is 2.12. The third-order valence-electron chi connectivity index (χ3n) is 2.97. The van der Waals surface area contributed by atoms with E-state index in [1.54, 1.807) is 6.20 Å². The van der Waals surface area contributed by atoms with Crippen molar-refractivity contribution in [3.05, 3.63) is 23.5 Å². The van der Waals surface area contributed by atoms with Crippen molar-refractivity contribution in [2.24, 2.45) is 0 Å². The summed E-state index contributed by atoms with van der Waals surface area (Å²) in [6, 6.07) is 2.22. The molecule has 0 unspecified atom stereocenters. The number of anilines is 1. The van der Waals surface area contributed by atoms with Gasteiger partial charge in [-0.1, -0.05) is 6.92 Å². The molecule has 1 aliphatic heterocycles. The standard InChI is InChI=1S/C12H16N4/c1-2-11-10(7-13)8-15-9-12(11)16-5-3-14-4-6-16/h8-9,14H,2-6H2,1H3. The van der Waals surface area contributed by atoms with Crippen LogP contribution in [0.25, 0.3) is 0 Å². The highest BCUT2D eigenvalue weighted by molar-refractivity contribution is 5.58. The van der Waals surface area contributed by atoms with Crippen molar-refractivity contribution in [2.75, 3.05) is 31.1 Å². The zero-order valence-corrected chi connectivity index (χ0v) is 9.53. The Kier molecular flexibility index (Phi) is 3.37. The minimum absolute atomic E-state index is 0.707. The molecule has 0 aliphatic carbocycles. The highest BCUT2D eigenvalue weighted by Gasteiger charge is 2.15. The lowest BCUT2D eigenvalue weighted by Gasteiger charge is -2.30. The molecule has 0 bridgehead atoms. The summed E-state index contributed by atoms with van der Waals surface area (Å²) in [5.41, 5.74) is 2.96. The Hall–Kier alpha value is -1.60. The second kappa shape index (κ2) is 4.95. The fraction of sp³-hybridized carbons (Fsp3) is 0.500. The van der Waals surface area contributed by atoms with Crippen LogP contribution in [0.15, 0.2) is 12.4 Å². The van der Waals surface area contributed by atoms with Gasteiger partial charge in [0.1, 0.15) is 6.07 Å². The first-order chi connectivity index (χ1) is 7.86. The molecule has 16 heavy (non-hydrogen) atoms. The van der Waals surface area contributed by atoms with E-state index in [2.05, 4.69) is 28.2 Å². The number of piperazine rings is 1. The van der Waals surface area contributed by atoms with E-state index >= 15 is 0 Å². The summed E-state index contributed by atoms with van der Waals surface area (Å²) in [6.07, 6.45) is 4.42. The maximum Gasteiger partial charge on any atom is 0.101 e. The van der Waals surface area contributed by atoms with Gasteiger partial charge in [0.25, 0.3) is 0 Å². The Bertz CT molecular complexity index is 402. The van der Waals surface area contributed by atoms with Crippen LogP contribution in [0.5, 0.6) is 0 Å². The zero-order valence-electron chi connectivity index (χ0n) is 9.53. The summed E-state index contributed by atoms with van der Waals surface area (Å²) in [6.45, 7) is 6.06. The Morgan fingerprint density at radius 1 is 1.44 bits per heavy atom. The molecule has 1 aromatic rings. The van der Waals surface area contributed by atoms with Crippen molar-refractivity contribution in [3.63, 3.8) is 0 Å². The van der Waals surface area contributed by atoms with Gasteiger partial charge in [0.2, 0.25) is 0 Å². The molecule has 2 heterocycles. The number of aromatic nitrogens is 1. The summed E-state index contributed by atoms with van der Waals surface area (Å²) < 4.78 is 0. The molecule has 0 atom stereocenters. The van der Waals surface area contributed by atoms with Crippen molar-refractivity contribution >= 4 is 5.69 Å². The molecular formula is C12H16N4. The predicted octanol–water partition coefficient (Wildman–Crippen LogP) is 0.925. The van der Waals surface area contributed by atoms with E-state index in [4.69, 9.17) is 5.26 Å². The molecular weight excluding hydrogens is 200 g/mol. The lowest BCUT2D eigenvalue weighted by molar-refractivity contribution is 0.587. The molecule has 2 rings (SSSR count). The van der Waals surface area contributed by atoms with Crippen molar-refractivity contribution in [1.29, 1.82) is 5.26 Å². The Balaban J connectivity index is 2.35. The highest BCUT2D eigenvalue weighted by Crippen LogP contribution is 2.23. The van der Waals surface area contributed by atoms with Crippen LogP contribution in [0, 0.1) is 11.3 Å². The smallest absolute Gasteiger partial charge is 0.101 e. The normalized spacial score (nSPS) is 15.9. The van der Waals surface area contributed by atoms with E-state index in [9.17, 15) is 0 Å². The largest absolute Gasteiger partial charge is 0.367 e. The van der Waals surface area contributed by atoms with Gasteiger partial charge in [-0.15, -0.1) is 0 Å². The number of rotatable bonds is 2. The predicted molar refractivity (Wildman–Crippen MR) is 63.4 cm³/mol. The van der Waals surface area contributed by atoms with Crippen LogP contribution >= 0.6 is 0 Å². The quantitative estimate of drug-likeness (QED) is 0.799.